The number of amides is 4. The molecule has 1 heterocycles. The topological polar surface area (TPSA) is 116 Å². The van der Waals surface area contributed by atoms with Crippen molar-refractivity contribution < 1.29 is 24.3 Å². The summed E-state index contributed by atoms with van der Waals surface area (Å²) < 4.78 is 0. The second-order valence-electron chi connectivity index (χ2n) is 4.77. The van der Waals surface area contributed by atoms with Gasteiger partial charge in [-0.15, -0.1) is 0 Å². The van der Waals surface area contributed by atoms with E-state index in [0.29, 0.717) is 11.1 Å². The minimum absolute atomic E-state index is 0.0151. The van der Waals surface area contributed by atoms with Crippen LogP contribution in [0, 0.1) is 0 Å². The molecule has 8 nitrogen and oxygen atoms in total. The van der Waals surface area contributed by atoms with Crippen LogP contribution in [0.2, 0.25) is 0 Å². The molecule has 1 unspecified atom stereocenters. The molecule has 0 aliphatic carbocycles. The zero-order chi connectivity index (χ0) is 16.3. The van der Waals surface area contributed by atoms with Crippen LogP contribution in [0.3, 0.4) is 0 Å². The highest BCUT2D eigenvalue weighted by atomic mass is 16.4. The van der Waals surface area contributed by atoms with E-state index in [4.69, 9.17) is 5.11 Å². The first-order chi connectivity index (χ1) is 10.4. The Balaban J connectivity index is 1.86. The summed E-state index contributed by atoms with van der Waals surface area (Å²) in [5.41, 5.74) is 0.688. The summed E-state index contributed by atoms with van der Waals surface area (Å²) in [6.07, 6.45) is 0. The largest absolute Gasteiger partial charge is 0.480 e. The number of hydrogen-bond donors (Lipinski definition) is 3. The molecule has 116 valence electrons. The molecule has 1 aliphatic rings. The number of nitrogens with zero attached hydrogens (tertiary/aromatic N) is 1. The van der Waals surface area contributed by atoms with Crippen LogP contribution in [0.4, 0.5) is 4.79 Å². The van der Waals surface area contributed by atoms with Crippen molar-refractivity contribution in [1.29, 1.82) is 0 Å². The fraction of sp³-hybridized carbons (Fsp3) is 0.286. The average Bonchev–Trinajstić information content (AvgIpc) is 2.72. The summed E-state index contributed by atoms with van der Waals surface area (Å²) in [6, 6.07) is 4.79. The number of hydrogen-bond acceptors (Lipinski definition) is 4. The number of urea groups is 1. The smallest absolute Gasteiger partial charge is 0.325 e. The number of carbonyl (C=O) groups excluding carboxylic acids is 3. The Labute approximate surface area is 126 Å². The van der Waals surface area contributed by atoms with Gasteiger partial charge in [-0.25, -0.2) is 4.79 Å². The first-order valence-electron chi connectivity index (χ1n) is 6.64. The van der Waals surface area contributed by atoms with Gasteiger partial charge in [-0.1, -0.05) is 12.1 Å². The third-order valence-corrected chi connectivity index (χ3v) is 3.22. The minimum Gasteiger partial charge on any atom is -0.480 e. The Morgan fingerprint density at radius 3 is 2.23 bits per heavy atom. The summed E-state index contributed by atoms with van der Waals surface area (Å²) in [4.78, 5) is 47.2. The Hall–Kier alpha value is -2.90. The first kappa shape index (κ1) is 15.5. The lowest BCUT2D eigenvalue weighted by Crippen LogP contribution is -2.46. The SMILES string of the molecule is CC(NC(=O)NCCN1C(=O)c2ccccc2C1=O)C(=O)O. The highest BCUT2D eigenvalue weighted by Crippen LogP contribution is 2.21. The number of benzene rings is 1. The molecule has 3 N–H and O–H groups in total. The lowest BCUT2D eigenvalue weighted by atomic mass is 10.1. The number of fused-ring (bicyclic) bond motifs is 1. The summed E-state index contributed by atoms with van der Waals surface area (Å²) in [5, 5.41) is 13.3. The Bertz CT molecular complexity index is 608. The van der Waals surface area contributed by atoms with Crippen molar-refractivity contribution in [2.45, 2.75) is 13.0 Å². The third-order valence-electron chi connectivity index (χ3n) is 3.22. The highest BCUT2D eigenvalue weighted by molar-refractivity contribution is 6.21. The number of imide groups is 1. The van der Waals surface area contributed by atoms with Gasteiger partial charge in [0.25, 0.3) is 11.8 Å². The lowest BCUT2D eigenvalue weighted by Gasteiger charge is -2.15. The van der Waals surface area contributed by atoms with Crippen LogP contribution in [0.5, 0.6) is 0 Å². The third kappa shape index (κ3) is 3.05. The molecular weight excluding hydrogens is 290 g/mol. The van der Waals surface area contributed by atoms with Gasteiger partial charge in [-0.2, -0.15) is 0 Å². The molecule has 1 aromatic carbocycles. The molecule has 0 bridgehead atoms. The summed E-state index contributed by atoms with van der Waals surface area (Å²) >= 11 is 0. The zero-order valence-corrected chi connectivity index (χ0v) is 11.8. The predicted octanol–water partition coefficient (Wildman–Crippen LogP) is 0.0549. The molecule has 0 aromatic heterocycles. The monoisotopic (exact) mass is 305 g/mol. The summed E-state index contributed by atoms with van der Waals surface area (Å²) in [6.45, 7) is 1.37. The van der Waals surface area contributed by atoms with E-state index in [9.17, 15) is 19.2 Å². The van der Waals surface area contributed by atoms with Crippen LogP contribution in [0.25, 0.3) is 0 Å². The van der Waals surface area contributed by atoms with E-state index in [2.05, 4.69) is 10.6 Å². The average molecular weight is 305 g/mol. The number of nitrogens with one attached hydrogen (secondary N) is 2. The summed E-state index contributed by atoms with van der Waals surface area (Å²) in [7, 11) is 0. The van der Waals surface area contributed by atoms with Gasteiger partial charge in [0.2, 0.25) is 0 Å². The number of aliphatic carboxylic acids is 1. The predicted molar refractivity (Wildman–Crippen MR) is 75.4 cm³/mol. The Kier molecular flexibility index (Phi) is 4.40. The fourth-order valence-electron chi connectivity index (χ4n) is 2.03. The van der Waals surface area contributed by atoms with Gasteiger partial charge in [0.15, 0.2) is 0 Å². The van der Waals surface area contributed by atoms with Gasteiger partial charge in [-0.3, -0.25) is 19.3 Å². The van der Waals surface area contributed by atoms with Crippen molar-refractivity contribution >= 4 is 23.8 Å². The van der Waals surface area contributed by atoms with E-state index in [1.54, 1.807) is 24.3 Å². The normalized spacial score (nSPS) is 14.5. The molecule has 22 heavy (non-hydrogen) atoms. The van der Waals surface area contributed by atoms with E-state index in [1.807, 2.05) is 0 Å². The van der Waals surface area contributed by atoms with E-state index >= 15 is 0 Å². The molecule has 0 spiro atoms. The maximum absolute atomic E-state index is 12.0. The fourth-order valence-corrected chi connectivity index (χ4v) is 2.03. The lowest BCUT2D eigenvalue weighted by molar-refractivity contribution is -0.138. The Morgan fingerprint density at radius 2 is 1.73 bits per heavy atom. The van der Waals surface area contributed by atoms with Crippen molar-refractivity contribution in [3.63, 3.8) is 0 Å². The van der Waals surface area contributed by atoms with Crippen LogP contribution in [0.15, 0.2) is 24.3 Å². The van der Waals surface area contributed by atoms with Crippen molar-refractivity contribution in [1.82, 2.24) is 15.5 Å². The van der Waals surface area contributed by atoms with Gasteiger partial charge < -0.3 is 15.7 Å². The van der Waals surface area contributed by atoms with Crippen molar-refractivity contribution in [2.75, 3.05) is 13.1 Å². The maximum Gasteiger partial charge on any atom is 0.325 e. The molecule has 1 aliphatic heterocycles. The standard InChI is InChI=1S/C14H15N3O5/c1-8(13(20)21)16-14(22)15-6-7-17-11(18)9-4-2-3-5-10(9)12(17)19/h2-5,8H,6-7H2,1H3,(H,20,21)(H2,15,16,22). The minimum atomic E-state index is -1.16. The Morgan fingerprint density at radius 1 is 1.18 bits per heavy atom. The quantitative estimate of drug-likeness (QED) is 0.665. The van der Waals surface area contributed by atoms with Crippen LogP contribution in [-0.4, -0.2) is 53.0 Å². The van der Waals surface area contributed by atoms with E-state index in [1.165, 1.54) is 6.92 Å². The van der Waals surface area contributed by atoms with Crippen LogP contribution in [0.1, 0.15) is 27.6 Å². The summed E-state index contributed by atoms with van der Waals surface area (Å²) in [5.74, 6) is -1.96. The van der Waals surface area contributed by atoms with E-state index in [0.717, 1.165) is 4.90 Å². The van der Waals surface area contributed by atoms with Gasteiger partial charge in [-0.05, 0) is 19.1 Å². The second-order valence-corrected chi connectivity index (χ2v) is 4.77. The molecule has 1 atom stereocenters. The molecule has 8 heteroatoms. The molecule has 1 aromatic rings. The van der Waals surface area contributed by atoms with Gasteiger partial charge >= 0.3 is 12.0 Å². The molecule has 0 saturated heterocycles. The van der Waals surface area contributed by atoms with Crippen LogP contribution >= 0.6 is 0 Å². The molecule has 4 amide bonds. The highest BCUT2D eigenvalue weighted by Gasteiger charge is 2.34. The van der Waals surface area contributed by atoms with Gasteiger partial charge in [0, 0.05) is 13.1 Å². The maximum atomic E-state index is 12.0. The van der Waals surface area contributed by atoms with Crippen LogP contribution < -0.4 is 10.6 Å². The van der Waals surface area contributed by atoms with Gasteiger partial charge in [0.1, 0.15) is 6.04 Å². The molecule has 0 fully saturated rings. The molecular formula is C14H15N3O5. The second kappa shape index (κ2) is 6.25. The molecule has 0 radical (unpaired) electrons. The van der Waals surface area contributed by atoms with Crippen molar-refractivity contribution in [3.05, 3.63) is 35.4 Å². The number of carboxylic acid groups (broad SMARTS) is 1. The molecule has 2 rings (SSSR count). The first-order valence-corrected chi connectivity index (χ1v) is 6.64. The number of carbonyl (C=O) groups is 4. The number of carboxylic acids is 1. The van der Waals surface area contributed by atoms with Crippen molar-refractivity contribution in [2.24, 2.45) is 0 Å². The van der Waals surface area contributed by atoms with Crippen molar-refractivity contribution in [3.8, 4) is 0 Å². The van der Waals surface area contributed by atoms with E-state index < -0.39 is 29.9 Å². The van der Waals surface area contributed by atoms with E-state index in [-0.39, 0.29) is 13.1 Å². The number of rotatable bonds is 5. The molecule has 0 saturated carbocycles. The van der Waals surface area contributed by atoms with Crippen LogP contribution in [-0.2, 0) is 4.79 Å². The van der Waals surface area contributed by atoms with Gasteiger partial charge in [0.05, 0.1) is 11.1 Å². The zero-order valence-electron chi connectivity index (χ0n) is 11.8.